The van der Waals surface area contributed by atoms with Crippen LogP contribution in [0.1, 0.15) is 21.5 Å². The maximum Gasteiger partial charge on any atom is 0.200 e. The Balaban J connectivity index is 1.70. The molecular formula is C25H17ClFNO4. The van der Waals surface area contributed by atoms with Crippen molar-refractivity contribution >= 4 is 28.3 Å². The lowest BCUT2D eigenvalue weighted by molar-refractivity contribution is 0.103. The third-order valence-electron chi connectivity index (χ3n) is 5.36. The molecular weight excluding hydrogens is 433 g/mol. The normalized spacial score (nSPS) is 12.7. The fourth-order valence-corrected chi connectivity index (χ4v) is 3.89. The van der Waals surface area contributed by atoms with Gasteiger partial charge in [0.1, 0.15) is 19.0 Å². The third kappa shape index (κ3) is 3.74. The molecule has 0 spiro atoms. The maximum absolute atomic E-state index is 13.4. The Labute approximate surface area is 187 Å². The molecule has 32 heavy (non-hydrogen) atoms. The van der Waals surface area contributed by atoms with Crippen molar-refractivity contribution in [2.75, 3.05) is 13.2 Å². The van der Waals surface area contributed by atoms with Crippen LogP contribution in [0.25, 0.3) is 10.9 Å². The molecule has 2 heterocycles. The van der Waals surface area contributed by atoms with Gasteiger partial charge in [0.2, 0.25) is 5.43 Å². The second kappa shape index (κ2) is 8.13. The van der Waals surface area contributed by atoms with Gasteiger partial charge in [-0.15, -0.1) is 0 Å². The summed E-state index contributed by atoms with van der Waals surface area (Å²) in [5.74, 6) is 0.256. The van der Waals surface area contributed by atoms with E-state index in [1.54, 1.807) is 59.3 Å². The van der Waals surface area contributed by atoms with Crippen LogP contribution in [0.3, 0.4) is 0 Å². The van der Waals surface area contributed by atoms with Crippen LogP contribution >= 0.6 is 11.6 Å². The zero-order valence-electron chi connectivity index (χ0n) is 16.8. The number of ether oxygens (including phenoxy) is 2. The van der Waals surface area contributed by atoms with Gasteiger partial charge in [-0.05, 0) is 48.0 Å². The van der Waals surface area contributed by atoms with E-state index in [0.717, 1.165) is 5.56 Å². The minimum absolute atomic E-state index is 0.0265. The number of aromatic nitrogens is 1. The smallest absolute Gasteiger partial charge is 0.200 e. The lowest BCUT2D eigenvalue weighted by Gasteiger charge is -2.21. The number of benzene rings is 3. The number of halogens is 2. The van der Waals surface area contributed by atoms with E-state index in [9.17, 15) is 14.0 Å². The second-order valence-electron chi connectivity index (χ2n) is 7.48. The summed E-state index contributed by atoms with van der Waals surface area (Å²) in [5.41, 5.74) is 1.40. The largest absolute Gasteiger partial charge is 0.486 e. The highest BCUT2D eigenvalue weighted by atomic mass is 35.5. The average molecular weight is 450 g/mol. The molecule has 7 heteroatoms. The van der Waals surface area contributed by atoms with Gasteiger partial charge in [0.05, 0.1) is 16.5 Å². The molecule has 0 saturated heterocycles. The first-order valence-corrected chi connectivity index (χ1v) is 10.4. The summed E-state index contributed by atoms with van der Waals surface area (Å²) in [6.45, 7) is 1.12. The van der Waals surface area contributed by atoms with Crippen molar-refractivity contribution in [2.24, 2.45) is 0 Å². The zero-order chi connectivity index (χ0) is 22.2. The minimum atomic E-state index is -0.406. The Bertz CT molecular complexity index is 1400. The standard InChI is InChI=1S/C25H17ClFNO4/c26-17-5-3-16(4-6-17)24(29)20-14-28(13-15-1-7-18(27)8-2-15)21-12-23-22(31-9-10-32-23)11-19(21)25(20)30/h1-8,11-12,14H,9-10,13H2. The van der Waals surface area contributed by atoms with Gasteiger partial charge < -0.3 is 14.0 Å². The van der Waals surface area contributed by atoms with E-state index in [1.807, 2.05) is 0 Å². The molecule has 0 saturated carbocycles. The van der Waals surface area contributed by atoms with Gasteiger partial charge in [0.25, 0.3) is 0 Å². The topological polar surface area (TPSA) is 57.5 Å². The molecule has 4 aromatic rings. The van der Waals surface area contributed by atoms with Crippen molar-refractivity contribution in [3.8, 4) is 11.5 Å². The number of rotatable bonds is 4. The van der Waals surface area contributed by atoms with Crippen LogP contribution in [0.5, 0.6) is 11.5 Å². The number of ketones is 1. The van der Waals surface area contributed by atoms with Crippen molar-refractivity contribution in [3.05, 3.63) is 105 Å². The van der Waals surface area contributed by atoms with Gasteiger partial charge in [0, 0.05) is 29.4 Å². The van der Waals surface area contributed by atoms with Crippen molar-refractivity contribution in [1.82, 2.24) is 4.57 Å². The van der Waals surface area contributed by atoms with Gasteiger partial charge in [-0.25, -0.2) is 4.39 Å². The van der Waals surface area contributed by atoms with E-state index < -0.39 is 11.2 Å². The summed E-state index contributed by atoms with van der Waals surface area (Å²) in [7, 11) is 0. The minimum Gasteiger partial charge on any atom is -0.486 e. The fraction of sp³-hybridized carbons (Fsp3) is 0.120. The summed E-state index contributed by atoms with van der Waals surface area (Å²) in [5, 5.41) is 0.841. The Kier molecular flexibility index (Phi) is 5.15. The summed E-state index contributed by atoms with van der Waals surface area (Å²) in [6.07, 6.45) is 1.54. The maximum atomic E-state index is 13.4. The van der Waals surface area contributed by atoms with Gasteiger partial charge in [-0.2, -0.15) is 0 Å². The highest BCUT2D eigenvalue weighted by molar-refractivity contribution is 6.30. The Morgan fingerprint density at radius 2 is 1.62 bits per heavy atom. The van der Waals surface area contributed by atoms with Gasteiger partial charge >= 0.3 is 0 Å². The lowest BCUT2D eigenvalue weighted by atomic mass is 10.0. The first-order valence-electron chi connectivity index (χ1n) is 10.0. The SMILES string of the molecule is O=C(c1ccc(Cl)cc1)c1cn(Cc2ccc(F)cc2)c2cc3c(cc2c1=O)OCCO3. The fourth-order valence-electron chi connectivity index (χ4n) is 3.76. The van der Waals surface area contributed by atoms with Gasteiger partial charge in [-0.3, -0.25) is 9.59 Å². The Morgan fingerprint density at radius 3 is 2.31 bits per heavy atom. The first kappa shape index (κ1) is 20.3. The van der Waals surface area contributed by atoms with E-state index in [0.29, 0.717) is 52.7 Å². The van der Waals surface area contributed by atoms with E-state index >= 15 is 0 Å². The predicted octanol–water partition coefficient (Wildman–Crippen LogP) is 4.84. The summed E-state index contributed by atoms with van der Waals surface area (Å²) >= 11 is 5.94. The third-order valence-corrected chi connectivity index (χ3v) is 5.61. The van der Waals surface area contributed by atoms with E-state index in [1.165, 1.54) is 12.1 Å². The molecule has 5 nitrogen and oxygen atoms in total. The zero-order valence-corrected chi connectivity index (χ0v) is 17.6. The highest BCUT2D eigenvalue weighted by Gasteiger charge is 2.21. The van der Waals surface area contributed by atoms with Crippen molar-refractivity contribution in [1.29, 1.82) is 0 Å². The predicted molar refractivity (Wildman–Crippen MR) is 120 cm³/mol. The van der Waals surface area contributed by atoms with Crippen LogP contribution < -0.4 is 14.9 Å². The van der Waals surface area contributed by atoms with Crippen LogP contribution in [0, 0.1) is 5.82 Å². The van der Waals surface area contributed by atoms with Crippen LogP contribution in [-0.4, -0.2) is 23.6 Å². The molecule has 0 fully saturated rings. The van der Waals surface area contributed by atoms with Crippen LogP contribution in [-0.2, 0) is 6.54 Å². The molecule has 1 aromatic heterocycles. The summed E-state index contributed by atoms with van der Waals surface area (Å²) in [6, 6.07) is 15.8. The summed E-state index contributed by atoms with van der Waals surface area (Å²) in [4.78, 5) is 26.5. The summed E-state index contributed by atoms with van der Waals surface area (Å²) < 4.78 is 26.5. The van der Waals surface area contributed by atoms with E-state index in [-0.39, 0.29) is 11.4 Å². The molecule has 0 N–H and O–H groups in total. The van der Waals surface area contributed by atoms with Crippen LogP contribution in [0.15, 0.2) is 71.7 Å². The van der Waals surface area contributed by atoms with Gasteiger partial charge in [-0.1, -0.05) is 23.7 Å². The molecule has 5 rings (SSSR count). The molecule has 0 amide bonds. The molecule has 1 aliphatic rings. The molecule has 1 aliphatic heterocycles. The van der Waals surface area contributed by atoms with E-state index in [4.69, 9.17) is 21.1 Å². The van der Waals surface area contributed by atoms with Crippen molar-refractivity contribution in [3.63, 3.8) is 0 Å². The number of pyridine rings is 1. The van der Waals surface area contributed by atoms with E-state index in [2.05, 4.69) is 0 Å². The number of carbonyl (C=O) groups is 1. The molecule has 0 atom stereocenters. The van der Waals surface area contributed by atoms with Crippen LogP contribution in [0.2, 0.25) is 5.02 Å². The Hall–Kier alpha value is -3.64. The number of nitrogens with zero attached hydrogens (tertiary/aromatic N) is 1. The monoisotopic (exact) mass is 449 g/mol. The van der Waals surface area contributed by atoms with Gasteiger partial charge in [0.15, 0.2) is 17.3 Å². The molecule has 0 unspecified atom stereocenters. The average Bonchev–Trinajstić information content (AvgIpc) is 2.81. The quantitative estimate of drug-likeness (QED) is 0.418. The van der Waals surface area contributed by atoms with Crippen molar-refractivity contribution < 1.29 is 18.7 Å². The lowest BCUT2D eigenvalue weighted by Crippen LogP contribution is -2.21. The van der Waals surface area contributed by atoms with Crippen LogP contribution in [0.4, 0.5) is 4.39 Å². The molecule has 0 bridgehead atoms. The number of fused-ring (bicyclic) bond motifs is 2. The first-order chi connectivity index (χ1) is 15.5. The molecule has 0 aliphatic carbocycles. The number of hydrogen-bond donors (Lipinski definition) is 0. The van der Waals surface area contributed by atoms with Crippen molar-refractivity contribution in [2.45, 2.75) is 6.54 Å². The number of carbonyl (C=O) groups excluding carboxylic acids is 1. The molecule has 3 aromatic carbocycles. The molecule has 160 valence electrons. The Morgan fingerprint density at radius 1 is 0.969 bits per heavy atom. The number of hydrogen-bond acceptors (Lipinski definition) is 4. The second-order valence-corrected chi connectivity index (χ2v) is 7.91. The highest BCUT2D eigenvalue weighted by Crippen LogP contribution is 2.34. The molecule has 0 radical (unpaired) electrons.